The van der Waals surface area contributed by atoms with Crippen LogP contribution in [-0.2, 0) is 16.8 Å². The zero-order valence-corrected chi connectivity index (χ0v) is 16.7. The highest BCUT2D eigenvalue weighted by atomic mass is 32.2. The lowest BCUT2D eigenvalue weighted by atomic mass is 9.86. The summed E-state index contributed by atoms with van der Waals surface area (Å²) in [5, 5.41) is 2.66. The fraction of sp³-hybridized carbons (Fsp3) is 0.238. The minimum atomic E-state index is -0.157. The third-order valence-corrected chi connectivity index (χ3v) is 5.20. The van der Waals surface area contributed by atoms with E-state index in [4.69, 9.17) is 17.0 Å². The van der Waals surface area contributed by atoms with Gasteiger partial charge in [-0.05, 0) is 34.8 Å². The smallest absolute Gasteiger partial charge is 0.263 e. The molecule has 0 spiro atoms. The van der Waals surface area contributed by atoms with Gasteiger partial charge in [-0.3, -0.25) is 4.79 Å². The molecule has 0 unspecified atom stereocenters. The summed E-state index contributed by atoms with van der Waals surface area (Å²) in [6.45, 7) is 6.96. The molecule has 2 aromatic carbocycles. The molecule has 1 saturated heterocycles. The van der Waals surface area contributed by atoms with Crippen LogP contribution in [-0.4, -0.2) is 10.2 Å². The fourth-order valence-corrected chi connectivity index (χ4v) is 3.59. The number of thioether (sulfide) groups is 1. The van der Waals surface area contributed by atoms with Gasteiger partial charge in [0.1, 0.15) is 16.7 Å². The quantitative estimate of drug-likeness (QED) is 0.592. The Hall–Kier alpha value is -2.11. The van der Waals surface area contributed by atoms with Gasteiger partial charge in [0, 0.05) is 5.56 Å². The molecule has 0 saturated carbocycles. The molecule has 0 aliphatic carbocycles. The topological polar surface area (TPSA) is 38.3 Å². The summed E-state index contributed by atoms with van der Waals surface area (Å²) in [6, 6.07) is 16.2. The van der Waals surface area contributed by atoms with E-state index in [9.17, 15) is 4.79 Å². The van der Waals surface area contributed by atoms with Gasteiger partial charge >= 0.3 is 0 Å². The predicted octanol–water partition coefficient (Wildman–Crippen LogP) is 5.05. The second-order valence-electron chi connectivity index (χ2n) is 7.13. The van der Waals surface area contributed by atoms with Crippen LogP contribution in [0.1, 0.15) is 37.5 Å². The summed E-state index contributed by atoms with van der Waals surface area (Å²) in [6.07, 6.45) is 1.86. The molecule has 26 heavy (non-hydrogen) atoms. The number of benzene rings is 2. The highest BCUT2D eigenvalue weighted by Gasteiger charge is 2.23. The number of nitrogens with one attached hydrogen (secondary N) is 1. The number of thiocarbonyl (C=S) groups is 1. The van der Waals surface area contributed by atoms with Gasteiger partial charge in [-0.25, -0.2) is 0 Å². The first kappa shape index (κ1) is 18.7. The van der Waals surface area contributed by atoms with Crippen LogP contribution in [0.25, 0.3) is 6.08 Å². The third kappa shape index (κ3) is 4.54. The Morgan fingerprint density at radius 3 is 2.50 bits per heavy atom. The largest absolute Gasteiger partial charge is 0.488 e. The van der Waals surface area contributed by atoms with Crippen molar-refractivity contribution in [3.8, 4) is 5.75 Å². The van der Waals surface area contributed by atoms with Crippen molar-refractivity contribution in [2.45, 2.75) is 32.8 Å². The molecular weight excluding hydrogens is 362 g/mol. The van der Waals surface area contributed by atoms with E-state index in [2.05, 4.69) is 38.2 Å². The fourth-order valence-electron chi connectivity index (χ4n) is 2.56. The van der Waals surface area contributed by atoms with Crippen LogP contribution in [0.5, 0.6) is 5.75 Å². The summed E-state index contributed by atoms with van der Waals surface area (Å²) in [5.41, 5.74) is 3.17. The van der Waals surface area contributed by atoms with Crippen molar-refractivity contribution in [1.82, 2.24) is 5.32 Å². The maximum Gasteiger partial charge on any atom is 0.263 e. The predicted molar refractivity (Wildman–Crippen MR) is 112 cm³/mol. The molecule has 2 aromatic rings. The van der Waals surface area contributed by atoms with Gasteiger partial charge in [0.25, 0.3) is 5.91 Å². The van der Waals surface area contributed by atoms with Gasteiger partial charge < -0.3 is 10.1 Å². The van der Waals surface area contributed by atoms with E-state index in [1.54, 1.807) is 0 Å². The van der Waals surface area contributed by atoms with Crippen molar-refractivity contribution in [3.05, 3.63) is 70.1 Å². The first-order valence-corrected chi connectivity index (χ1v) is 9.61. The molecule has 1 fully saturated rings. The average molecular weight is 384 g/mol. The molecule has 1 amide bonds. The molecule has 1 aliphatic rings. The lowest BCUT2D eigenvalue weighted by Crippen LogP contribution is -2.17. The number of hydrogen-bond acceptors (Lipinski definition) is 4. The summed E-state index contributed by atoms with van der Waals surface area (Å²) in [7, 11) is 0. The van der Waals surface area contributed by atoms with E-state index in [1.807, 2.05) is 42.5 Å². The lowest BCUT2D eigenvalue weighted by Gasteiger charge is -2.21. The Kier molecular flexibility index (Phi) is 5.49. The second-order valence-corrected chi connectivity index (χ2v) is 8.85. The molecule has 0 radical (unpaired) electrons. The van der Waals surface area contributed by atoms with Crippen LogP contribution in [0, 0.1) is 0 Å². The van der Waals surface area contributed by atoms with Gasteiger partial charge in [0.05, 0.1) is 4.91 Å². The molecule has 1 heterocycles. The van der Waals surface area contributed by atoms with Gasteiger partial charge in [0.15, 0.2) is 0 Å². The summed E-state index contributed by atoms with van der Waals surface area (Å²) in [4.78, 5) is 12.6. The van der Waals surface area contributed by atoms with E-state index in [0.717, 1.165) is 16.9 Å². The highest BCUT2D eigenvalue weighted by molar-refractivity contribution is 8.26. The first-order valence-electron chi connectivity index (χ1n) is 8.39. The maximum atomic E-state index is 12.0. The lowest BCUT2D eigenvalue weighted by molar-refractivity contribution is -0.115. The molecule has 0 aromatic heterocycles. The van der Waals surface area contributed by atoms with Crippen molar-refractivity contribution in [2.75, 3.05) is 0 Å². The highest BCUT2D eigenvalue weighted by Crippen LogP contribution is 2.33. The molecule has 3 rings (SSSR count). The van der Waals surface area contributed by atoms with Crippen molar-refractivity contribution in [2.24, 2.45) is 0 Å². The van der Waals surface area contributed by atoms with Crippen LogP contribution < -0.4 is 10.1 Å². The van der Waals surface area contributed by atoms with E-state index in [0.29, 0.717) is 15.8 Å². The Labute approximate surface area is 163 Å². The number of hydrogen-bond donors (Lipinski definition) is 1. The maximum absolute atomic E-state index is 12.0. The minimum Gasteiger partial charge on any atom is -0.488 e. The number of carbonyl (C=O) groups excluding carboxylic acids is 1. The van der Waals surface area contributed by atoms with E-state index >= 15 is 0 Å². The number of carbonyl (C=O) groups is 1. The van der Waals surface area contributed by atoms with Gasteiger partial charge in [0.2, 0.25) is 0 Å². The Morgan fingerprint density at radius 1 is 1.15 bits per heavy atom. The molecule has 0 atom stereocenters. The monoisotopic (exact) mass is 383 g/mol. The first-order chi connectivity index (χ1) is 12.3. The Bertz CT molecular complexity index is 867. The molecular formula is C21H21NO2S2. The SMILES string of the molecule is CC(C)(C)c1ccc(OCc2ccccc2)c(/C=C2\SC(=S)NC2=O)c1. The number of ether oxygens (including phenoxy) is 1. The Morgan fingerprint density at radius 2 is 1.88 bits per heavy atom. The van der Waals surface area contributed by atoms with Gasteiger partial charge in [-0.15, -0.1) is 0 Å². The zero-order valence-electron chi connectivity index (χ0n) is 15.0. The van der Waals surface area contributed by atoms with Crippen LogP contribution in [0.15, 0.2) is 53.4 Å². The molecule has 3 nitrogen and oxygen atoms in total. The van der Waals surface area contributed by atoms with E-state index in [-0.39, 0.29) is 11.3 Å². The third-order valence-electron chi connectivity index (χ3n) is 4.04. The summed E-state index contributed by atoms with van der Waals surface area (Å²) < 4.78 is 6.53. The van der Waals surface area contributed by atoms with Crippen LogP contribution in [0.3, 0.4) is 0 Å². The minimum absolute atomic E-state index is 0.00555. The van der Waals surface area contributed by atoms with Crippen molar-refractivity contribution in [3.63, 3.8) is 0 Å². The van der Waals surface area contributed by atoms with Gasteiger partial charge in [-0.1, -0.05) is 81.1 Å². The van der Waals surface area contributed by atoms with Gasteiger partial charge in [-0.2, -0.15) is 0 Å². The molecule has 134 valence electrons. The van der Waals surface area contributed by atoms with Crippen LogP contribution in [0.4, 0.5) is 0 Å². The Balaban J connectivity index is 1.94. The molecule has 5 heteroatoms. The molecule has 0 bridgehead atoms. The summed E-state index contributed by atoms with van der Waals surface area (Å²) >= 11 is 6.36. The van der Waals surface area contributed by atoms with E-state index in [1.165, 1.54) is 17.3 Å². The average Bonchev–Trinajstić information content (AvgIpc) is 2.91. The normalized spacial score (nSPS) is 16.0. The van der Waals surface area contributed by atoms with E-state index < -0.39 is 0 Å². The second kappa shape index (κ2) is 7.64. The summed E-state index contributed by atoms with van der Waals surface area (Å²) in [5.74, 6) is 0.593. The van der Waals surface area contributed by atoms with Crippen molar-refractivity contribution in [1.29, 1.82) is 0 Å². The zero-order chi connectivity index (χ0) is 18.7. The molecule has 1 aliphatic heterocycles. The van der Waals surface area contributed by atoms with Crippen LogP contribution >= 0.6 is 24.0 Å². The van der Waals surface area contributed by atoms with Crippen molar-refractivity contribution >= 4 is 40.3 Å². The number of amides is 1. The number of rotatable bonds is 4. The molecule has 1 N–H and O–H groups in total. The standard InChI is InChI=1S/C21H21NO2S2/c1-21(2,3)16-9-10-17(24-13-14-7-5-4-6-8-14)15(11-16)12-18-19(23)22-20(25)26-18/h4-12H,13H2,1-3H3,(H,22,23,25)/b18-12-. The van der Waals surface area contributed by atoms with Crippen molar-refractivity contribution < 1.29 is 9.53 Å². The van der Waals surface area contributed by atoms with Crippen LogP contribution in [0.2, 0.25) is 0 Å².